The largest absolute Gasteiger partial charge is 0.294 e. The first kappa shape index (κ1) is 14.0. The van der Waals surface area contributed by atoms with E-state index in [0.717, 1.165) is 24.2 Å². The number of carbonyl (C=O) groups is 1. The lowest BCUT2D eigenvalue weighted by Gasteiger charge is -2.57. The third-order valence-electron chi connectivity index (χ3n) is 8.10. The van der Waals surface area contributed by atoms with Crippen LogP contribution in [0.5, 0.6) is 0 Å². The highest BCUT2D eigenvalue weighted by Crippen LogP contribution is 2.63. The lowest BCUT2D eigenvalue weighted by Crippen LogP contribution is -2.51. The molecule has 116 valence electrons. The van der Waals surface area contributed by atoms with Gasteiger partial charge >= 0.3 is 0 Å². The topological polar surface area (TPSA) is 17.1 Å². The molecule has 0 aliphatic heterocycles. The monoisotopic (exact) mass is 286 g/mol. The molecule has 4 rings (SSSR count). The Hall–Kier alpha value is -0.590. The van der Waals surface area contributed by atoms with Gasteiger partial charge in [0.2, 0.25) is 0 Å². The van der Waals surface area contributed by atoms with Gasteiger partial charge in [-0.05, 0) is 73.7 Å². The first-order chi connectivity index (χ1) is 10.1. The smallest absolute Gasteiger partial charge is 0.161 e. The summed E-state index contributed by atoms with van der Waals surface area (Å²) in [5.74, 6) is 3.59. The first-order valence-electron chi connectivity index (χ1n) is 9.28. The SMILES string of the molecule is C[C@]12CCC3[C@@H](CC[C@@H]4CCCCC[C@]34C)[C@@H]1C=CC2=O. The summed E-state index contributed by atoms with van der Waals surface area (Å²) < 4.78 is 0. The fourth-order valence-corrected chi connectivity index (χ4v) is 6.75. The van der Waals surface area contributed by atoms with Gasteiger partial charge in [-0.15, -0.1) is 0 Å². The summed E-state index contributed by atoms with van der Waals surface area (Å²) in [5.41, 5.74) is 0.523. The van der Waals surface area contributed by atoms with Crippen molar-refractivity contribution in [2.24, 2.45) is 34.5 Å². The van der Waals surface area contributed by atoms with Crippen LogP contribution in [0.25, 0.3) is 0 Å². The molecule has 0 aromatic rings. The number of ketones is 1. The molecule has 21 heavy (non-hydrogen) atoms. The molecule has 0 amide bonds. The van der Waals surface area contributed by atoms with Gasteiger partial charge in [-0.1, -0.05) is 39.2 Å². The minimum Gasteiger partial charge on any atom is -0.294 e. The molecule has 0 aromatic heterocycles. The highest BCUT2D eigenvalue weighted by Gasteiger charge is 2.57. The van der Waals surface area contributed by atoms with Crippen LogP contribution in [0.15, 0.2) is 12.2 Å². The molecule has 0 bridgehead atoms. The van der Waals surface area contributed by atoms with Gasteiger partial charge in [-0.2, -0.15) is 0 Å². The quantitative estimate of drug-likeness (QED) is 0.601. The lowest BCUT2D eigenvalue weighted by molar-refractivity contribution is -0.134. The van der Waals surface area contributed by atoms with Crippen molar-refractivity contribution < 1.29 is 4.79 Å². The Morgan fingerprint density at radius 1 is 1.00 bits per heavy atom. The summed E-state index contributed by atoms with van der Waals surface area (Å²) in [4.78, 5) is 12.3. The van der Waals surface area contributed by atoms with Crippen LogP contribution in [0.3, 0.4) is 0 Å². The maximum atomic E-state index is 12.3. The number of rotatable bonds is 0. The maximum Gasteiger partial charge on any atom is 0.161 e. The Morgan fingerprint density at radius 2 is 1.86 bits per heavy atom. The molecule has 0 saturated heterocycles. The highest BCUT2D eigenvalue weighted by molar-refractivity contribution is 5.97. The molecular weight excluding hydrogens is 256 g/mol. The predicted octanol–water partition coefficient (Wildman–Crippen LogP) is 5.15. The van der Waals surface area contributed by atoms with Crippen LogP contribution in [-0.2, 0) is 4.79 Å². The minimum absolute atomic E-state index is 0.0465. The molecule has 1 nitrogen and oxygen atoms in total. The number of allylic oxidation sites excluding steroid dienone is 2. The number of hydrogen-bond acceptors (Lipinski definition) is 1. The van der Waals surface area contributed by atoms with Crippen molar-refractivity contribution in [1.29, 1.82) is 0 Å². The highest BCUT2D eigenvalue weighted by atomic mass is 16.1. The zero-order valence-electron chi connectivity index (χ0n) is 13.7. The zero-order chi connectivity index (χ0) is 14.7. The second-order valence-electron chi connectivity index (χ2n) is 8.86. The molecule has 0 aromatic carbocycles. The summed E-state index contributed by atoms with van der Waals surface area (Å²) in [6.45, 7) is 4.86. The van der Waals surface area contributed by atoms with Crippen molar-refractivity contribution in [1.82, 2.24) is 0 Å². The molecule has 6 atom stereocenters. The maximum absolute atomic E-state index is 12.3. The number of hydrogen-bond donors (Lipinski definition) is 0. The van der Waals surface area contributed by atoms with Gasteiger partial charge in [-0.3, -0.25) is 4.79 Å². The van der Waals surface area contributed by atoms with Gasteiger partial charge in [0, 0.05) is 5.41 Å². The van der Waals surface area contributed by atoms with Crippen molar-refractivity contribution >= 4 is 5.78 Å². The van der Waals surface area contributed by atoms with Gasteiger partial charge in [-0.25, -0.2) is 0 Å². The summed E-state index contributed by atoms with van der Waals surface area (Å²) in [6.07, 6.45) is 16.7. The molecule has 4 aliphatic carbocycles. The molecular formula is C20H30O. The molecule has 1 heteroatoms. The van der Waals surface area contributed by atoms with Crippen molar-refractivity contribution in [3.8, 4) is 0 Å². The molecule has 3 fully saturated rings. The van der Waals surface area contributed by atoms with Crippen molar-refractivity contribution in [3.63, 3.8) is 0 Å². The Balaban J connectivity index is 1.67. The van der Waals surface area contributed by atoms with Crippen LogP contribution in [0.4, 0.5) is 0 Å². The van der Waals surface area contributed by atoms with Crippen LogP contribution < -0.4 is 0 Å². The van der Waals surface area contributed by atoms with Crippen molar-refractivity contribution in [2.75, 3.05) is 0 Å². The molecule has 1 unspecified atom stereocenters. The van der Waals surface area contributed by atoms with E-state index in [-0.39, 0.29) is 5.41 Å². The van der Waals surface area contributed by atoms with Gasteiger partial charge in [0.05, 0.1) is 0 Å². The normalized spacial score (nSPS) is 52.8. The average Bonchev–Trinajstić information content (AvgIpc) is 2.65. The summed E-state index contributed by atoms with van der Waals surface area (Å²) in [6, 6.07) is 0. The van der Waals surface area contributed by atoms with Crippen molar-refractivity contribution in [2.45, 2.75) is 71.6 Å². The first-order valence-corrected chi connectivity index (χ1v) is 9.28. The Kier molecular flexibility index (Phi) is 3.14. The van der Waals surface area contributed by atoms with E-state index in [0.29, 0.717) is 17.1 Å². The fourth-order valence-electron chi connectivity index (χ4n) is 6.75. The standard InChI is InChI=1S/C20H30O/c1-19-12-5-3-4-6-14(19)7-8-15-16-9-10-18(21)20(16,2)13-11-17(15)19/h9-10,14-17H,3-8,11-13H2,1-2H3/t14-,15-,16-,17?,19-,20-/m0/s1. The Bertz CT molecular complexity index is 478. The second-order valence-corrected chi connectivity index (χ2v) is 8.86. The Morgan fingerprint density at radius 3 is 2.71 bits per heavy atom. The molecule has 0 spiro atoms. The van der Waals surface area contributed by atoms with Gasteiger partial charge < -0.3 is 0 Å². The van der Waals surface area contributed by atoms with Gasteiger partial charge in [0.1, 0.15) is 0 Å². The minimum atomic E-state index is -0.0465. The number of fused-ring (bicyclic) bond motifs is 5. The zero-order valence-corrected chi connectivity index (χ0v) is 13.7. The third-order valence-corrected chi connectivity index (χ3v) is 8.10. The van der Waals surface area contributed by atoms with Gasteiger partial charge in [0.15, 0.2) is 5.78 Å². The van der Waals surface area contributed by atoms with Crippen LogP contribution in [-0.4, -0.2) is 5.78 Å². The molecule has 0 heterocycles. The van der Waals surface area contributed by atoms with E-state index < -0.39 is 0 Å². The molecule has 0 radical (unpaired) electrons. The van der Waals surface area contributed by atoms with Crippen LogP contribution in [0.1, 0.15) is 71.6 Å². The predicted molar refractivity (Wildman–Crippen MR) is 85.9 cm³/mol. The van der Waals surface area contributed by atoms with E-state index in [9.17, 15) is 4.79 Å². The van der Waals surface area contributed by atoms with Crippen molar-refractivity contribution in [3.05, 3.63) is 12.2 Å². The Labute approximate surface area is 129 Å². The van der Waals surface area contributed by atoms with E-state index in [1.54, 1.807) is 0 Å². The summed E-state index contributed by atoms with van der Waals surface area (Å²) in [7, 11) is 0. The average molecular weight is 286 g/mol. The second kappa shape index (κ2) is 4.70. The third kappa shape index (κ3) is 1.85. The van der Waals surface area contributed by atoms with Crippen LogP contribution >= 0.6 is 0 Å². The van der Waals surface area contributed by atoms with E-state index in [2.05, 4.69) is 19.9 Å². The fraction of sp³-hybridized carbons (Fsp3) is 0.850. The van der Waals surface area contributed by atoms with Gasteiger partial charge in [0.25, 0.3) is 0 Å². The summed E-state index contributed by atoms with van der Waals surface area (Å²) >= 11 is 0. The van der Waals surface area contributed by atoms with E-state index in [1.165, 1.54) is 51.4 Å². The summed E-state index contributed by atoms with van der Waals surface area (Å²) in [5, 5.41) is 0. The molecule has 4 aliphatic rings. The van der Waals surface area contributed by atoms with E-state index >= 15 is 0 Å². The molecule has 3 saturated carbocycles. The van der Waals surface area contributed by atoms with Crippen LogP contribution in [0.2, 0.25) is 0 Å². The van der Waals surface area contributed by atoms with E-state index in [4.69, 9.17) is 0 Å². The molecule has 0 N–H and O–H groups in total. The number of carbonyl (C=O) groups excluding carboxylic acids is 1. The van der Waals surface area contributed by atoms with Crippen LogP contribution in [0, 0.1) is 34.5 Å². The lowest BCUT2D eigenvalue weighted by atomic mass is 9.47. The van der Waals surface area contributed by atoms with E-state index in [1.807, 2.05) is 6.08 Å².